The van der Waals surface area contributed by atoms with E-state index < -0.39 is 12.2 Å². The Morgan fingerprint density at radius 1 is 0.927 bits per heavy atom. The highest BCUT2D eigenvalue weighted by Gasteiger charge is 2.33. The van der Waals surface area contributed by atoms with Crippen LogP contribution in [-0.2, 0) is 25.7 Å². The number of aliphatic hydroxyl groups excluding tert-OH is 1. The molecule has 4 N–H and O–H groups in total. The van der Waals surface area contributed by atoms with Crippen molar-refractivity contribution in [1.29, 1.82) is 0 Å². The summed E-state index contributed by atoms with van der Waals surface area (Å²) in [7, 11) is 2.10. The fourth-order valence-corrected chi connectivity index (χ4v) is 4.91. The van der Waals surface area contributed by atoms with E-state index in [-0.39, 0.29) is 43.6 Å². The third-order valence-electron chi connectivity index (χ3n) is 7.45. The molecule has 0 radical (unpaired) electrons. The van der Waals surface area contributed by atoms with Crippen molar-refractivity contribution >= 4 is 17.5 Å². The molecule has 1 aliphatic rings. The Morgan fingerprint density at radius 2 is 1.59 bits per heavy atom. The summed E-state index contributed by atoms with van der Waals surface area (Å²) in [6.45, 7) is 2.89. The predicted octanol–water partition coefficient (Wildman–Crippen LogP) is 5.03. The molecule has 2 amide bonds. The van der Waals surface area contributed by atoms with Crippen LogP contribution in [0.5, 0.6) is 0 Å². The third kappa shape index (κ3) is 8.69. The number of nitrogens with one attached hydrogen (secondary N) is 2. The Balaban J connectivity index is 1.45. The molecule has 9 heteroatoms. The summed E-state index contributed by atoms with van der Waals surface area (Å²) >= 11 is 0. The topological polar surface area (TPSA) is 120 Å². The van der Waals surface area contributed by atoms with Crippen LogP contribution in [0.1, 0.15) is 73.3 Å². The molecule has 218 valence electrons. The second kappa shape index (κ2) is 14.9. The molecule has 1 fully saturated rings. The Hall–Kier alpha value is -3.60. The number of amides is 2. The van der Waals surface area contributed by atoms with Crippen molar-refractivity contribution in [1.82, 2.24) is 10.4 Å². The second-order valence-corrected chi connectivity index (χ2v) is 10.4. The minimum absolute atomic E-state index is 0.0107. The smallest absolute Gasteiger partial charge is 0.243 e. The highest BCUT2D eigenvalue weighted by molar-refractivity contribution is 5.91. The number of hydrogen-bond donors (Lipinski definition) is 4. The van der Waals surface area contributed by atoms with Crippen LogP contribution in [0.15, 0.2) is 78.9 Å². The first-order valence-corrected chi connectivity index (χ1v) is 13.9. The molecule has 1 saturated heterocycles. The van der Waals surface area contributed by atoms with E-state index in [2.05, 4.69) is 48.5 Å². The first-order valence-electron chi connectivity index (χ1n) is 13.9. The Labute approximate surface area is 241 Å². The Bertz CT molecular complexity index is 1250. The number of rotatable bonds is 12. The summed E-state index contributed by atoms with van der Waals surface area (Å²) in [6.07, 6.45) is 0.368. The molecule has 41 heavy (non-hydrogen) atoms. The van der Waals surface area contributed by atoms with Crippen LogP contribution in [0.25, 0.3) is 0 Å². The summed E-state index contributed by atoms with van der Waals surface area (Å²) in [5.41, 5.74) is 6.14. The van der Waals surface area contributed by atoms with Gasteiger partial charge in [-0.3, -0.25) is 19.7 Å². The Kier molecular flexibility index (Phi) is 11.0. The number of nitrogens with zero attached hydrogens (tertiary/aromatic N) is 1. The number of likely N-dealkylation sites (N-methyl/N-ethyl adjacent to an activating group) is 1. The lowest BCUT2D eigenvalue weighted by Crippen LogP contribution is -2.38. The lowest BCUT2D eigenvalue weighted by atomic mass is 9.99. The minimum Gasteiger partial charge on any atom is -0.392 e. The summed E-state index contributed by atoms with van der Waals surface area (Å²) in [6, 6.07) is 25.8. The number of hydrogen-bond acceptors (Lipinski definition) is 7. The van der Waals surface area contributed by atoms with Crippen LogP contribution >= 0.6 is 0 Å². The van der Waals surface area contributed by atoms with E-state index in [1.54, 1.807) is 17.6 Å². The number of hydroxylamine groups is 1. The maximum atomic E-state index is 12.2. The van der Waals surface area contributed by atoms with Gasteiger partial charge in [0.1, 0.15) is 0 Å². The zero-order chi connectivity index (χ0) is 29.2. The molecule has 0 saturated carbocycles. The predicted molar refractivity (Wildman–Crippen MR) is 155 cm³/mol. The van der Waals surface area contributed by atoms with E-state index in [1.807, 2.05) is 42.5 Å². The van der Waals surface area contributed by atoms with Crippen molar-refractivity contribution in [3.63, 3.8) is 0 Å². The number of benzene rings is 3. The third-order valence-corrected chi connectivity index (χ3v) is 7.45. The largest absolute Gasteiger partial charge is 0.392 e. The first-order chi connectivity index (χ1) is 19.9. The summed E-state index contributed by atoms with van der Waals surface area (Å²) in [5, 5.41) is 20.9. The highest BCUT2D eigenvalue weighted by atomic mass is 16.7. The van der Waals surface area contributed by atoms with E-state index >= 15 is 0 Å². The van der Waals surface area contributed by atoms with Gasteiger partial charge in [-0.05, 0) is 49.2 Å². The molecule has 4 atom stereocenters. The maximum Gasteiger partial charge on any atom is 0.243 e. The van der Waals surface area contributed by atoms with Gasteiger partial charge in [0.2, 0.25) is 11.8 Å². The van der Waals surface area contributed by atoms with Gasteiger partial charge < -0.3 is 19.9 Å². The van der Waals surface area contributed by atoms with Gasteiger partial charge in [0.15, 0.2) is 6.29 Å². The van der Waals surface area contributed by atoms with Crippen LogP contribution in [0, 0.1) is 0 Å². The molecule has 3 aromatic carbocycles. The van der Waals surface area contributed by atoms with Gasteiger partial charge in [0.25, 0.3) is 0 Å². The van der Waals surface area contributed by atoms with E-state index in [9.17, 15) is 14.7 Å². The molecule has 4 rings (SSSR count). The highest BCUT2D eigenvalue weighted by Crippen LogP contribution is 2.39. The quantitative estimate of drug-likeness (QED) is 0.181. The Morgan fingerprint density at radius 3 is 2.24 bits per heavy atom. The normalized spacial score (nSPS) is 19.5. The van der Waals surface area contributed by atoms with Crippen LogP contribution in [0.4, 0.5) is 5.69 Å². The van der Waals surface area contributed by atoms with Gasteiger partial charge in [-0.1, -0.05) is 66.7 Å². The summed E-state index contributed by atoms with van der Waals surface area (Å²) in [5.74, 6) is -0.730. The molecular weight excluding hydrogens is 522 g/mol. The van der Waals surface area contributed by atoms with Crippen molar-refractivity contribution in [2.75, 3.05) is 18.9 Å². The van der Waals surface area contributed by atoms with Crippen LogP contribution < -0.4 is 10.8 Å². The number of anilines is 1. The van der Waals surface area contributed by atoms with Crippen LogP contribution in [-0.4, -0.2) is 46.7 Å². The van der Waals surface area contributed by atoms with Gasteiger partial charge in [0, 0.05) is 43.1 Å². The van der Waals surface area contributed by atoms with Crippen LogP contribution in [0.3, 0.4) is 0 Å². The van der Waals surface area contributed by atoms with E-state index in [0.717, 1.165) is 16.7 Å². The molecule has 0 spiro atoms. The monoisotopic (exact) mass is 561 g/mol. The number of aliphatic hydroxyl groups is 1. The lowest BCUT2D eigenvalue weighted by molar-refractivity contribution is -0.253. The fraction of sp³-hybridized carbons (Fsp3) is 0.375. The van der Waals surface area contributed by atoms with E-state index in [4.69, 9.17) is 14.7 Å². The zero-order valence-corrected chi connectivity index (χ0v) is 23.5. The average Bonchev–Trinajstić information content (AvgIpc) is 3.01. The van der Waals surface area contributed by atoms with E-state index in [0.29, 0.717) is 25.1 Å². The van der Waals surface area contributed by atoms with Gasteiger partial charge in [-0.15, -0.1) is 0 Å². The van der Waals surface area contributed by atoms with Crippen LogP contribution in [0.2, 0.25) is 0 Å². The molecule has 9 nitrogen and oxygen atoms in total. The van der Waals surface area contributed by atoms with E-state index in [1.165, 1.54) is 5.56 Å². The van der Waals surface area contributed by atoms with Gasteiger partial charge in [0.05, 0.1) is 18.8 Å². The zero-order valence-electron chi connectivity index (χ0n) is 23.5. The summed E-state index contributed by atoms with van der Waals surface area (Å²) < 4.78 is 12.9. The van der Waals surface area contributed by atoms with Crippen molar-refractivity contribution in [2.24, 2.45) is 0 Å². The molecule has 3 aromatic rings. The maximum absolute atomic E-state index is 12.2. The SMILES string of the molecule is C[C@@H](c1ccccc1)N(C)C[C@@H]1C[C@H](c2ccc(CO)cc2)O[C@H](c2ccc(NC(=O)CCCC(=O)NO)cc2)O1. The molecule has 0 bridgehead atoms. The average molecular weight is 562 g/mol. The van der Waals surface area contributed by atoms with Gasteiger partial charge in [-0.25, -0.2) is 5.48 Å². The molecular formula is C32H39N3O6. The second-order valence-electron chi connectivity index (χ2n) is 10.4. The number of carbonyl (C=O) groups is 2. The molecule has 1 heterocycles. The fourth-order valence-electron chi connectivity index (χ4n) is 4.91. The number of ether oxygens (including phenoxy) is 2. The molecule has 1 aliphatic heterocycles. The van der Waals surface area contributed by atoms with Crippen molar-refractivity contribution in [3.8, 4) is 0 Å². The summed E-state index contributed by atoms with van der Waals surface area (Å²) in [4.78, 5) is 25.7. The van der Waals surface area contributed by atoms with Crippen molar-refractivity contribution in [3.05, 3.63) is 101 Å². The van der Waals surface area contributed by atoms with Crippen molar-refractivity contribution in [2.45, 2.75) is 63.8 Å². The molecule has 0 unspecified atom stereocenters. The van der Waals surface area contributed by atoms with Crippen molar-refractivity contribution < 1.29 is 29.4 Å². The lowest BCUT2D eigenvalue weighted by Gasteiger charge is -2.39. The van der Waals surface area contributed by atoms with Gasteiger partial charge >= 0.3 is 0 Å². The first kappa shape index (κ1) is 30.4. The molecule has 0 aliphatic carbocycles. The minimum atomic E-state index is -0.599. The standard InChI is InChI=1S/C32H39N3O6/c1-22(24-7-4-3-5-8-24)35(2)20-28-19-29(25-13-11-23(21-36)12-14-25)41-32(40-28)26-15-17-27(18-16-26)33-30(37)9-6-10-31(38)34-39/h3-5,7-8,11-18,22,28-29,32,36,39H,6,9-10,19-21H2,1-2H3,(H,33,37)(H,34,38)/t22-,28-,29+,32+/m0/s1. The molecule has 0 aromatic heterocycles. The van der Waals surface area contributed by atoms with Gasteiger partial charge in [-0.2, -0.15) is 0 Å². The number of carbonyl (C=O) groups excluding carboxylic acids is 2.